The zero-order chi connectivity index (χ0) is 12.4. The van der Waals surface area contributed by atoms with Crippen LogP contribution in [-0.4, -0.2) is 12.1 Å². The van der Waals surface area contributed by atoms with Gasteiger partial charge in [0.05, 0.1) is 23.9 Å². The van der Waals surface area contributed by atoms with Crippen molar-refractivity contribution in [3.63, 3.8) is 0 Å². The molecule has 2 rings (SSSR count). The first kappa shape index (κ1) is 12.4. The van der Waals surface area contributed by atoms with Gasteiger partial charge in [-0.25, -0.2) is 4.98 Å². The van der Waals surface area contributed by atoms with E-state index in [-0.39, 0.29) is 0 Å². The zero-order valence-electron chi connectivity index (χ0n) is 9.42. The summed E-state index contributed by atoms with van der Waals surface area (Å²) >= 11 is 9.64. The van der Waals surface area contributed by atoms with Crippen LogP contribution in [0.15, 0.2) is 28.7 Å². The third kappa shape index (κ3) is 2.61. The zero-order valence-corrected chi connectivity index (χ0v) is 11.8. The minimum Gasteiger partial charge on any atom is -0.481 e. The highest BCUT2D eigenvalue weighted by Gasteiger charge is 2.09. The minimum absolute atomic E-state index is 0.469. The lowest BCUT2D eigenvalue weighted by Crippen LogP contribution is -1.93. The van der Waals surface area contributed by atoms with E-state index in [0.29, 0.717) is 10.9 Å². The molecule has 0 spiro atoms. The lowest BCUT2D eigenvalue weighted by atomic mass is 10.1. The molecule has 17 heavy (non-hydrogen) atoms. The van der Waals surface area contributed by atoms with Gasteiger partial charge in [-0.3, -0.25) is 0 Å². The molecule has 2 nitrogen and oxygen atoms in total. The lowest BCUT2D eigenvalue weighted by Gasteiger charge is -2.08. The van der Waals surface area contributed by atoms with Gasteiger partial charge in [0.1, 0.15) is 0 Å². The van der Waals surface area contributed by atoms with Crippen molar-refractivity contribution in [2.75, 3.05) is 7.11 Å². The number of rotatable bonds is 2. The summed E-state index contributed by atoms with van der Waals surface area (Å²) in [5.74, 6) is 0.469. The van der Waals surface area contributed by atoms with Gasteiger partial charge < -0.3 is 4.74 Å². The van der Waals surface area contributed by atoms with Gasteiger partial charge in [-0.1, -0.05) is 23.7 Å². The van der Waals surface area contributed by atoms with Gasteiger partial charge in [0.15, 0.2) is 0 Å². The van der Waals surface area contributed by atoms with Crippen molar-refractivity contribution in [2.45, 2.75) is 6.92 Å². The molecule has 0 amide bonds. The smallest absolute Gasteiger partial charge is 0.222 e. The van der Waals surface area contributed by atoms with Crippen molar-refractivity contribution in [3.8, 4) is 17.1 Å². The average molecular weight is 312 g/mol. The first-order valence-corrected chi connectivity index (χ1v) is 6.18. The summed E-state index contributed by atoms with van der Waals surface area (Å²) in [5, 5.41) is 0.646. The Morgan fingerprint density at radius 1 is 1.41 bits per heavy atom. The van der Waals surface area contributed by atoms with E-state index in [2.05, 4.69) is 27.0 Å². The van der Waals surface area contributed by atoms with Crippen molar-refractivity contribution >= 4 is 27.5 Å². The fourth-order valence-corrected chi connectivity index (χ4v) is 2.10. The second-order valence-electron chi connectivity index (χ2n) is 3.56. The number of methoxy groups -OCH3 is 1. The van der Waals surface area contributed by atoms with Crippen LogP contribution in [0.25, 0.3) is 11.3 Å². The maximum Gasteiger partial charge on any atom is 0.222 e. The number of halogens is 2. The van der Waals surface area contributed by atoms with E-state index in [0.717, 1.165) is 21.3 Å². The molecule has 0 aliphatic rings. The van der Waals surface area contributed by atoms with E-state index in [1.165, 1.54) is 0 Å². The van der Waals surface area contributed by atoms with Crippen molar-refractivity contribution < 1.29 is 4.74 Å². The first-order chi connectivity index (χ1) is 8.11. The summed E-state index contributed by atoms with van der Waals surface area (Å²) in [6.45, 7) is 1.94. The topological polar surface area (TPSA) is 22.1 Å². The number of benzene rings is 1. The van der Waals surface area contributed by atoms with Gasteiger partial charge in [0.2, 0.25) is 5.88 Å². The third-order valence-corrected chi connectivity index (χ3v) is 3.60. The first-order valence-electron chi connectivity index (χ1n) is 5.01. The molecule has 0 bridgehead atoms. The van der Waals surface area contributed by atoms with Crippen LogP contribution in [0.5, 0.6) is 5.88 Å². The van der Waals surface area contributed by atoms with Crippen molar-refractivity contribution in [1.29, 1.82) is 0 Å². The number of ether oxygens (including phenoxy) is 1. The Morgan fingerprint density at radius 3 is 2.88 bits per heavy atom. The van der Waals surface area contributed by atoms with Gasteiger partial charge in [-0.2, -0.15) is 0 Å². The summed E-state index contributed by atoms with van der Waals surface area (Å²) in [6, 6.07) is 10.7. The van der Waals surface area contributed by atoms with Crippen molar-refractivity contribution in [3.05, 3.63) is 45.4 Å². The number of nitrogens with zero attached hydrogens (tertiary/aromatic N) is 1. The molecule has 1 heterocycles. The fraction of sp³-hybridized carbons (Fsp3) is 0.154. The largest absolute Gasteiger partial charge is 0.481 e. The highest BCUT2D eigenvalue weighted by molar-refractivity contribution is 9.10. The van der Waals surface area contributed by atoms with Crippen LogP contribution in [0.4, 0.5) is 0 Å². The third-order valence-electron chi connectivity index (χ3n) is 2.30. The minimum atomic E-state index is 0.469. The molecule has 0 atom stereocenters. The molecule has 0 aliphatic carbocycles. The van der Waals surface area contributed by atoms with E-state index in [1.807, 2.05) is 31.2 Å². The summed E-state index contributed by atoms with van der Waals surface area (Å²) in [5.41, 5.74) is 2.61. The van der Waals surface area contributed by atoms with E-state index in [1.54, 1.807) is 7.11 Å². The Bertz CT molecular complexity index is 557. The maximum atomic E-state index is 6.24. The molecular weight excluding hydrogens is 302 g/mol. The number of pyridine rings is 1. The summed E-state index contributed by atoms with van der Waals surface area (Å²) in [6.07, 6.45) is 0. The predicted molar refractivity (Wildman–Crippen MR) is 72.5 cm³/mol. The molecule has 0 aliphatic heterocycles. The Morgan fingerprint density at radius 2 is 2.18 bits per heavy atom. The SMILES string of the molecule is COc1[c]c(C)cc(-c2cccc(Br)c2Cl)n1. The van der Waals surface area contributed by atoms with Crippen LogP contribution in [0.3, 0.4) is 0 Å². The van der Waals surface area contributed by atoms with Gasteiger partial charge in [0.25, 0.3) is 0 Å². The number of aryl methyl sites for hydroxylation is 1. The van der Waals surface area contributed by atoms with E-state index in [4.69, 9.17) is 16.3 Å². The molecule has 87 valence electrons. The molecular formula is C13H10BrClNO. The number of hydrogen-bond donors (Lipinski definition) is 0. The van der Waals surface area contributed by atoms with Crippen LogP contribution in [0.1, 0.15) is 5.56 Å². The van der Waals surface area contributed by atoms with Crippen LogP contribution in [0.2, 0.25) is 5.02 Å². The quantitative estimate of drug-likeness (QED) is 0.826. The van der Waals surface area contributed by atoms with Gasteiger partial charge in [0, 0.05) is 10.0 Å². The Kier molecular flexibility index (Phi) is 3.69. The maximum absolute atomic E-state index is 6.24. The van der Waals surface area contributed by atoms with E-state index >= 15 is 0 Å². The molecule has 1 aromatic heterocycles. The molecule has 0 N–H and O–H groups in total. The Labute approximate surface area is 114 Å². The fourth-order valence-electron chi connectivity index (χ4n) is 1.52. The van der Waals surface area contributed by atoms with E-state index in [9.17, 15) is 0 Å². The number of hydrogen-bond acceptors (Lipinski definition) is 2. The van der Waals surface area contributed by atoms with Gasteiger partial charge in [-0.05, 0) is 40.5 Å². The molecule has 0 saturated carbocycles. The van der Waals surface area contributed by atoms with Crippen molar-refractivity contribution in [2.24, 2.45) is 0 Å². The van der Waals surface area contributed by atoms with E-state index < -0.39 is 0 Å². The molecule has 1 aromatic carbocycles. The van der Waals surface area contributed by atoms with Crippen molar-refractivity contribution in [1.82, 2.24) is 4.98 Å². The summed E-state index contributed by atoms with van der Waals surface area (Å²) in [7, 11) is 1.57. The summed E-state index contributed by atoms with van der Waals surface area (Å²) in [4.78, 5) is 4.34. The molecule has 0 unspecified atom stereocenters. The Balaban J connectivity index is 2.60. The molecule has 1 radical (unpaired) electrons. The Hall–Kier alpha value is -1.06. The van der Waals surface area contributed by atoms with Crippen LogP contribution < -0.4 is 4.74 Å². The second kappa shape index (κ2) is 5.07. The predicted octanol–water partition coefficient (Wildman–Crippen LogP) is 4.28. The second-order valence-corrected chi connectivity index (χ2v) is 4.79. The van der Waals surface area contributed by atoms with Gasteiger partial charge >= 0.3 is 0 Å². The van der Waals surface area contributed by atoms with Crippen LogP contribution >= 0.6 is 27.5 Å². The highest BCUT2D eigenvalue weighted by atomic mass is 79.9. The highest BCUT2D eigenvalue weighted by Crippen LogP contribution is 2.33. The summed E-state index contributed by atoms with van der Waals surface area (Å²) < 4.78 is 5.96. The monoisotopic (exact) mass is 310 g/mol. The molecule has 0 fully saturated rings. The standard InChI is InChI=1S/C13H10BrClNO/c1-8-6-11(16-12(7-8)17-2)9-4-3-5-10(14)13(9)15/h3-6H,1-2H3. The molecule has 4 heteroatoms. The normalized spacial score (nSPS) is 10.4. The lowest BCUT2D eigenvalue weighted by molar-refractivity contribution is 0.397. The molecule has 0 saturated heterocycles. The average Bonchev–Trinajstić information content (AvgIpc) is 2.31. The van der Waals surface area contributed by atoms with Crippen LogP contribution in [0, 0.1) is 13.0 Å². The van der Waals surface area contributed by atoms with Crippen LogP contribution in [-0.2, 0) is 0 Å². The molecule has 2 aromatic rings. The number of aromatic nitrogens is 1. The van der Waals surface area contributed by atoms with Gasteiger partial charge in [-0.15, -0.1) is 0 Å².